The van der Waals surface area contributed by atoms with Crippen LogP contribution in [0.4, 0.5) is 11.4 Å². The molecule has 0 amide bonds. The Morgan fingerprint density at radius 2 is 2.19 bits per heavy atom. The lowest BCUT2D eigenvalue weighted by Crippen LogP contribution is -2.22. The van der Waals surface area contributed by atoms with Crippen LogP contribution in [0.25, 0.3) is 0 Å². The zero-order valence-corrected chi connectivity index (χ0v) is 9.86. The standard InChI is InChI=1S/C11H18N4O/c1-8-4-5-9(6-10(8)15(2)3)13-7-11(12)14-16/h4-6,13,16H,7H2,1-3H3,(H2,12,14). The van der Waals surface area contributed by atoms with E-state index in [9.17, 15) is 0 Å². The van der Waals surface area contributed by atoms with E-state index >= 15 is 0 Å². The Morgan fingerprint density at radius 1 is 1.50 bits per heavy atom. The first-order chi connectivity index (χ1) is 7.54. The fourth-order valence-corrected chi connectivity index (χ4v) is 1.43. The van der Waals surface area contributed by atoms with Gasteiger partial charge in [0.15, 0.2) is 5.84 Å². The molecule has 0 atom stereocenters. The first-order valence-electron chi connectivity index (χ1n) is 5.03. The summed E-state index contributed by atoms with van der Waals surface area (Å²) in [6, 6.07) is 6.02. The molecule has 16 heavy (non-hydrogen) atoms. The van der Waals surface area contributed by atoms with Gasteiger partial charge in [-0.3, -0.25) is 0 Å². The lowest BCUT2D eigenvalue weighted by Gasteiger charge is -2.17. The van der Waals surface area contributed by atoms with Gasteiger partial charge in [-0.15, -0.1) is 0 Å². The van der Waals surface area contributed by atoms with Crippen molar-refractivity contribution in [3.63, 3.8) is 0 Å². The van der Waals surface area contributed by atoms with Crippen molar-refractivity contribution in [1.82, 2.24) is 0 Å². The van der Waals surface area contributed by atoms with Gasteiger partial charge < -0.3 is 21.2 Å². The third kappa shape index (κ3) is 3.05. The quantitative estimate of drug-likeness (QED) is 0.310. The molecule has 0 saturated heterocycles. The maximum atomic E-state index is 8.41. The third-order valence-corrected chi connectivity index (χ3v) is 2.29. The summed E-state index contributed by atoms with van der Waals surface area (Å²) in [7, 11) is 3.99. The predicted octanol–water partition coefficient (Wildman–Crippen LogP) is 1.22. The Hall–Kier alpha value is -1.91. The topological polar surface area (TPSA) is 73.9 Å². The van der Waals surface area contributed by atoms with Gasteiger partial charge in [0.25, 0.3) is 0 Å². The van der Waals surface area contributed by atoms with Crippen molar-refractivity contribution < 1.29 is 5.21 Å². The van der Waals surface area contributed by atoms with E-state index in [4.69, 9.17) is 10.9 Å². The Kier molecular flexibility index (Phi) is 3.99. The van der Waals surface area contributed by atoms with E-state index in [-0.39, 0.29) is 5.84 Å². The number of amidine groups is 1. The van der Waals surface area contributed by atoms with Crippen LogP contribution in [0.5, 0.6) is 0 Å². The molecule has 0 unspecified atom stereocenters. The molecule has 5 heteroatoms. The van der Waals surface area contributed by atoms with Crippen molar-refractivity contribution >= 4 is 17.2 Å². The maximum Gasteiger partial charge on any atom is 0.158 e. The number of nitrogens with two attached hydrogens (primary N) is 1. The summed E-state index contributed by atoms with van der Waals surface area (Å²) in [5.74, 6) is 0.159. The fraction of sp³-hybridized carbons (Fsp3) is 0.364. The van der Waals surface area contributed by atoms with Gasteiger partial charge in [0.05, 0.1) is 6.54 Å². The van der Waals surface area contributed by atoms with Gasteiger partial charge in [-0.2, -0.15) is 0 Å². The number of benzene rings is 1. The predicted molar refractivity (Wildman–Crippen MR) is 67.4 cm³/mol. The average molecular weight is 222 g/mol. The molecule has 1 aromatic rings. The monoisotopic (exact) mass is 222 g/mol. The molecule has 0 aromatic heterocycles. The molecule has 0 aliphatic rings. The molecule has 0 fully saturated rings. The lowest BCUT2D eigenvalue weighted by atomic mass is 10.1. The van der Waals surface area contributed by atoms with E-state index < -0.39 is 0 Å². The summed E-state index contributed by atoms with van der Waals surface area (Å²) in [5.41, 5.74) is 8.67. The van der Waals surface area contributed by atoms with E-state index in [0.29, 0.717) is 6.54 Å². The number of rotatable bonds is 4. The van der Waals surface area contributed by atoms with Crippen LogP contribution in [-0.4, -0.2) is 31.7 Å². The normalized spacial score (nSPS) is 11.3. The molecule has 0 heterocycles. The second-order valence-corrected chi connectivity index (χ2v) is 3.84. The number of nitrogens with one attached hydrogen (secondary N) is 1. The fourth-order valence-electron chi connectivity index (χ4n) is 1.43. The first-order valence-corrected chi connectivity index (χ1v) is 5.03. The smallest absolute Gasteiger partial charge is 0.158 e. The van der Waals surface area contributed by atoms with Crippen molar-refractivity contribution in [3.05, 3.63) is 23.8 Å². The van der Waals surface area contributed by atoms with Crippen LogP contribution >= 0.6 is 0 Å². The van der Waals surface area contributed by atoms with Crippen LogP contribution < -0.4 is 16.0 Å². The molecule has 4 N–H and O–H groups in total. The number of anilines is 2. The van der Waals surface area contributed by atoms with E-state index in [2.05, 4.69) is 17.4 Å². The second-order valence-electron chi connectivity index (χ2n) is 3.84. The Balaban J connectivity index is 2.79. The van der Waals surface area contributed by atoms with Crippen LogP contribution in [0.1, 0.15) is 5.56 Å². The second kappa shape index (κ2) is 5.25. The molecule has 0 aliphatic heterocycles. The summed E-state index contributed by atoms with van der Waals surface area (Å²) in [6.07, 6.45) is 0. The van der Waals surface area contributed by atoms with E-state index in [1.165, 1.54) is 5.56 Å². The SMILES string of the molecule is Cc1ccc(NC/C(N)=N/O)cc1N(C)C. The number of aryl methyl sites for hydroxylation is 1. The van der Waals surface area contributed by atoms with Gasteiger partial charge in [0, 0.05) is 25.5 Å². The van der Waals surface area contributed by atoms with Crippen molar-refractivity contribution in [2.75, 3.05) is 30.9 Å². The molecule has 0 saturated carbocycles. The highest BCUT2D eigenvalue weighted by Crippen LogP contribution is 2.22. The Bertz CT molecular complexity index is 388. The molecule has 1 rings (SSSR count). The van der Waals surface area contributed by atoms with Gasteiger partial charge in [-0.05, 0) is 24.6 Å². The molecule has 88 valence electrons. The van der Waals surface area contributed by atoms with Crippen LogP contribution in [-0.2, 0) is 0 Å². The van der Waals surface area contributed by atoms with E-state index in [1.54, 1.807) is 0 Å². The van der Waals surface area contributed by atoms with Gasteiger partial charge >= 0.3 is 0 Å². The molecule has 0 radical (unpaired) electrons. The average Bonchev–Trinajstić information content (AvgIpc) is 2.27. The van der Waals surface area contributed by atoms with Gasteiger partial charge in [0.1, 0.15) is 0 Å². The zero-order valence-electron chi connectivity index (χ0n) is 9.86. The van der Waals surface area contributed by atoms with Crippen LogP contribution in [0.15, 0.2) is 23.4 Å². The highest BCUT2D eigenvalue weighted by atomic mass is 16.4. The summed E-state index contributed by atoms with van der Waals surface area (Å²) >= 11 is 0. The van der Waals surface area contributed by atoms with Crippen molar-refractivity contribution in [3.8, 4) is 0 Å². The molecule has 0 aliphatic carbocycles. The lowest BCUT2D eigenvalue weighted by molar-refractivity contribution is 0.317. The minimum absolute atomic E-state index is 0.159. The largest absolute Gasteiger partial charge is 0.409 e. The maximum absolute atomic E-state index is 8.41. The van der Waals surface area contributed by atoms with Crippen molar-refractivity contribution in [2.24, 2.45) is 10.9 Å². The Labute approximate surface area is 95.5 Å². The third-order valence-electron chi connectivity index (χ3n) is 2.29. The highest BCUT2D eigenvalue weighted by molar-refractivity contribution is 5.84. The summed E-state index contributed by atoms with van der Waals surface area (Å²) in [4.78, 5) is 2.05. The zero-order chi connectivity index (χ0) is 12.1. The molecule has 1 aromatic carbocycles. The number of nitrogens with zero attached hydrogens (tertiary/aromatic N) is 2. The minimum Gasteiger partial charge on any atom is -0.409 e. The van der Waals surface area contributed by atoms with E-state index in [1.807, 2.05) is 37.2 Å². The molecule has 5 nitrogen and oxygen atoms in total. The first kappa shape index (κ1) is 12.2. The summed E-state index contributed by atoms with van der Waals surface area (Å²) < 4.78 is 0. The van der Waals surface area contributed by atoms with Crippen molar-refractivity contribution in [1.29, 1.82) is 0 Å². The minimum atomic E-state index is 0.159. The number of hydrogen-bond donors (Lipinski definition) is 3. The molecule has 0 spiro atoms. The summed E-state index contributed by atoms with van der Waals surface area (Å²) in [6.45, 7) is 2.38. The number of oxime groups is 1. The van der Waals surface area contributed by atoms with Gasteiger partial charge in [-0.25, -0.2) is 0 Å². The molecular weight excluding hydrogens is 204 g/mol. The van der Waals surface area contributed by atoms with Crippen LogP contribution in [0.3, 0.4) is 0 Å². The van der Waals surface area contributed by atoms with E-state index in [0.717, 1.165) is 11.4 Å². The molecule has 0 bridgehead atoms. The van der Waals surface area contributed by atoms with Gasteiger partial charge in [0.2, 0.25) is 0 Å². The molecular formula is C11H18N4O. The van der Waals surface area contributed by atoms with Crippen LogP contribution in [0.2, 0.25) is 0 Å². The summed E-state index contributed by atoms with van der Waals surface area (Å²) in [5, 5.41) is 14.4. The highest BCUT2D eigenvalue weighted by Gasteiger charge is 2.02. The Morgan fingerprint density at radius 3 is 2.75 bits per heavy atom. The van der Waals surface area contributed by atoms with Crippen molar-refractivity contribution in [2.45, 2.75) is 6.92 Å². The van der Waals surface area contributed by atoms with Crippen LogP contribution in [0, 0.1) is 6.92 Å². The number of hydrogen-bond acceptors (Lipinski definition) is 4. The van der Waals surface area contributed by atoms with Gasteiger partial charge in [-0.1, -0.05) is 11.2 Å².